The number of nitrogens with zero attached hydrogens (tertiary/aromatic N) is 2. The van der Waals surface area contributed by atoms with Crippen LogP contribution in [-0.2, 0) is 6.42 Å². The zero-order valence-corrected chi connectivity index (χ0v) is 9.92. The molecule has 0 saturated heterocycles. The normalized spacial score (nSPS) is 13.0. The zero-order valence-electron chi connectivity index (χ0n) is 9.92. The molecule has 0 aliphatic rings. The van der Waals surface area contributed by atoms with Crippen molar-refractivity contribution in [2.45, 2.75) is 52.5 Å². The van der Waals surface area contributed by atoms with E-state index >= 15 is 0 Å². The van der Waals surface area contributed by atoms with Gasteiger partial charge >= 0.3 is 0 Å². The molecule has 1 aromatic heterocycles. The van der Waals surface area contributed by atoms with Crippen molar-refractivity contribution in [3.63, 3.8) is 0 Å². The lowest BCUT2D eigenvalue weighted by molar-refractivity contribution is 0.386. The highest BCUT2D eigenvalue weighted by Crippen LogP contribution is 2.00. The van der Waals surface area contributed by atoms with E-state index in [0.29, 0.717) is 11.9 Å². The number of hydrogen-bond acceptors (Lipinski definition) is 4. The van der Waals surface area contributed by atoms with Crippen molar-refractivity contribution < 1.29 is 4.52 Å². The third kappa shape index (κ3) is 4.93. The van der Waals surface area contributed by atoms with Gasteiger partial charge < -0.3 is 9.84 Å². The van der Waals surface area contributed by atoms with E-state index in [1.165, 1.54) is 19.3 Å². The van der Waals surface area contributed by atoms with Crippen molar-refractivity contribution in [2.24, 2.45) is 0 Å². The number of rotatable bonds is 7. The van der Waals surface area contributed by atoms with Crippen LogP contribution in [0.15, 0.2) is 4.52 Å². The summed E-state index contributed by atoms with van der Waals surface area (Å²) in [4.78, 5) is 4.15. The molecule has 15 heavy (non-hydrogen) atoms. The van der Waals surface area contributed by atoms with E-state index in [1.54, 1.807) is 0 Å². The molecule has 0 saturated carbocycles. The summed E-state index contributed by atoms with van der Waals surface area (Å²) in [7, 11) is 0. The molecule has 4 nitrogen and oxygen atoms in total. The minimum atomic E-state index is 0.581. The number of aryl methyl sites for hydroxylation is 1. The molecule has 0 amide bonds. The second kappa shape index (κ2) is 6.56. The van der Waals surface area contributed by atoms with Crippen LogP contribution in [0.4, 0.5) is 0 Å². The maximum Gasteiger partial charge on any atom is 0.223 e. The fourth-order valence-corrected chi connectivity index (χ4v) is 1.49. The Morgan fingerprint density at radius 3 is 2.87 bits per heavy atom. The van der Waals surface area contributed by atoms with E-state index in [4.69, 9.17) is 4.52 Å². The Labute approximate surface area is 91.5 Å². The first-order chi connectivity index (χ1) is 7.22. The average molecular weight is 211 g/mol. The molecule has 86 valence electrons. The minimum Gasteiger partial charge on any atom is -0.340 e. The minimum absolute atomic E-state index is 0.581. The molecule has 1 N–H and O–H groups in total. The Morgan fingerprint density at radius 2 is 2.27 bits per heavy atom. The summed E-state index contributed by atoms with van der Waals surface area (Å²) in [6.45, 7) is 7.17. The topological polar surface area (TPSA) is 51.0 Å². The Hall–Kier alpha value is -0.900. The van der Waals surface area contributed by atoms with Gasteiger partial charge in [0.05, 0.1) is 0 Å². The first-order valence-corrected chi connectivity index (χ1v) is 5.75. The van der Waals surface area contributed by atoms with Crippen LogP contribution in [-0.4, -0.2) is 22.7 Å². The number of aromatic nitrogens is 2. The van der Waals surface area contributed by atoms with Crippen LogP contribution in [0.3, 0.4) is 0 Å². The first-order valence-electron chi connectivity index (χ1n) is 5.75. The van der Waals surface area contributed by atoms with Crippen LogP contribution < -0.4 is 5.32 Å². The molecule has 0 aliphatic carbocycles. The molecular weight excluding hydrogens is 190 g/mol. The first kappa shape index (κ1) is 12.2. The largest absolute Gasteiger partial charge is 0.340 e. The molecular formula is C11H21N3O. The van der Waals surface area contributed by atoms with Crippen LogP contribution in [0.5, 0.6) is 0 Å². The van der Waals surface area contributed by atoms with Gasteiger partial charge in [-0.3, -0.25) is 0 Å². The maximum atomic E-state index is 4.90. The van der Waals surface area contributed by atoms with Gasteiger partial charge in [-0.1, -0.05) is 24.9 Å². The monoisotopic (exact) mass is 211 g/mol. The van der Waals surface area contributed by atoms with Gasteiger partial charge in [-0.2, -0.15) is 4.98 Å². The fourth-order valence-electron chi connectivity index (χ4n) is 1.49. The summed E-state index contributed by atoms with van der Waals surface area (Å²) in [5, 5.41) is 7.30. The summed E-state index contributed by atoms with van der Waals surface area (Å²) < 4.78 is 4.90. The van der Waals surface area contributed by atoms with Gasteiger partial charge in [0, 0.05) is 25.9 Å². The van der Waals surface area contributed by atoms with E-state index in [-0.39, 0.29) is 0 Å². The third-order valence-corrected chi connectivity index (χ3v) is 2.40. The van der Waals surface area contributed by atoms with Gasteiger partial charge in [0.25, 0.3) is 0 Å². The molecule has 0 aromatic carbocycles. The van der Waals surface area contributed by atoms with E-state index in [9.17, 15) is 0 Å². The summed E-state index contributed by atoms with van der Waals surface area (Å²) in [5.74, 6) is 1.44. The molecule has 0 radical (unpaired) electrons. The molecule has 1 unspecified atom stereocenters. The van der Waals surface area contributed by atoms with Crippen LogP contribution in [0.25, 0.3) is 0 Å². The molecule has 0 fully saturated rings. The predicted molar refractivity (Wildman–Crippen MR) is 59.7 cm³/mol. The van der Waals surface area contributed by atoms with Gasteiger partial charge in [0.15, 0.2) is 5.82 Å². The summed E-state index contributed by atoms with van der Waals surface area (Å²) in [5.41, 5.74) is 0. The molecule has 1 aromatic rings. The van der Waals surface area contributed by atoms with E-state index in [1.807, 2.05) is 6.92 Å². The van der Waals surface area contributed by atoms with Crippen molar-refractivity contribution in [1.29, 1.82) is 0 Å². The van der Waals surface area contributed by atoms with Crippen LogP contribution in [0.1, 0.15) is 44.8 Å². The van der Waals surface area contributed by atoms with Gasteiger partial charge in [0.1, 0.15) is 0 Å². The standard InChI is InChI=1S/C11H21N3O/c1-4-5-6-9(2)12-8-7-11-13-10(3)15-14-11/h9,12H,4-8H2,1-3H3. The Kier molecular flexibility index (Phi) is 5.32. The zero-order chi connectivity index (χ0) is 11.1. The lowest BCUT2D eigenvalue weighted by Crippen LogP contribution is -2.28. The van der Waals surface area contributed by atoms with Crippen molar-refractivity contribution in [2.75, 3.05) is 6.54 Å². The number of unbranched alkanes of at least 4 members (excludes halogenated alkanes) is 1. The summed E-state index contributed by atoms with van der Waals surface area (Å²) in [6, 6.07) is 0.581. The van der Waals surface area contributed by atoms with Gasteiger partial charge in [-0.25, -0.2) is 0 Å². The van der Waals surface area contributed by atoms with E-state index < -0.39 is 0 Å². The van der Waals surface area contributed by atoms with Gasteiger partial charge in [0.2, 0.25) is 5.89 Å². The molecule has 0 spiro atoms. The van der Waals surface area contributed by atoms with Crippen molar-refractivity contribution >= 4 is 0 Å². The summed E-state index contributed by atoms with van der Waals surface area (Å²) >= 11 is 0. The van der Waals surface area contributed by atoms with Crippen LogP contribution >= 0.6 is 0 Å². The summed E-state index contributed by atoms with van der Waals surface area (Å²) in [6.07, 6.45) is 4.63. The SMILES string of the molecule is CCCCC(C)NCCc1noc(C)n1. The molecule has 1 rings (SSSR count). The number of hydrogen-bond donors (Lipinski definition) is 1. The highest BCUT2D eigenvalue weighted by atomic mass is 16.5. The van der Waals surface area contributed by atoms with Gasteiger partial charge in [-0.15, -0.1) is 0 Å². The lowest BCUT2D eigenvalue weighted by atomic mass is 10.1. The quantitative estimate of drug-likeness (QED) is 0.750. The van der Waals surface area contributed by atoms with Crippen LogP contribution in [0.2, 0.25) is 0 Å². The Balaban J connectivity index is 2.10. The average Bonchev–Trinajstić information content (AvgIpc) is 2.61. The molecule has 4 heteroatoms. The Bertz CT molecular complexity index is 273. The molecule has 0 bridgehead atoms. The predicted octanol–water partition coefficient (Wildman–Crippen LogP) is 2.09. The lowest BCUT2D eigenvalue weighted by Gasteiger charge is -2.11. The van der Waals surface area contributed by atoms with Crippen molar-refractivity contribution in [3.8, 4) is 0 Å². The Morgan fingerprint density at radius 1 is 1.47 bits per heavy atom. The smallest absolute Gasteiger partial charge is 0.223 e. The number of nitrogens with one attached hydrogen (secondary N) is 1. The highest BCUT2D eigenvalue weighted by molar-refractivity contribution is 4.84. The van der Waals surface area contributed by atoms with Gasteiger partial charge in [-0.05, 0) is 13.3 Å². The van der Waals surface area contributed by atoms with Crippen molar-refractivity contribution in [3.05, 3.63) is 11.7 Å². The van der Waals surface area contributed by atoms with Crippen LogP contribution in [0, 0.1) is 6.92 Å². The maximum absolute atomic E-state index is 4.90. The van der Waals surface area contributed by atoms with E-state index in [2.05, 4.69) is 29.3 Å². The second-order valence-corrected chi connectivity index (χ2v) is 3.98. The highest BCUT2D eigenvalue weighted by Gasteiger charge is 2.03. The van der Waals surface area contributed by atoms with Crippen molar-refractivity contribution in [1.82, 2.24) is 15.5 Å². The third-order valence-electron chi connectivity index (χ3n) is 2.40. The molecule has 1 atom stereocenters. The molecule has 1 heterocycles. The van der Waals surface area contributed by atoms with E-state index in [0.717, 1.165) is 18.8 Å². The molecule has 0 aliphatic heterocycles. The fraction of sp³-hybridized carbons (Fsp3) is 0.818. The second-order valence-electron chi connectivity index (χ2n) is 3.98.